The Kier molecular flexibility index (Phi) is 10.3. The van der Waals surface area contributed by atoms with Gasteiger partial charge in [-0.1, -0.05) is 0 Å². The fourth-order valence-electron chi connectivity index (χ4n) is 3.60. The maximum Gasteiger partial charge on any atom is 0.260 e. The summed E-state index contributed by atoms with van der Waals surface area (Å²) in [6.45, 7) is 0.554. The highest BCUT2D eigenvalue weighted by molar-refractivity contribution is 7.92. The first-order valence-electron chi connectivity index (χ1n) is 11.8. The molecule has 1 atom stereocenters. The number of hydrogen-bond donors (Lipinski definition) is 2. The predicted octanol–water partition coefficient (Wildman–Crippen LogP) is 1.29. The molecule has 1 fully saturated rings. The number of ether oxygens (including phenoxy) is 4. The highest BCUT2D eigenvalue weighted by atomic mass is 32.2. The van der Waals surface area contributed by atoms with E-state index in [4.69, 9.17) is 18.9 Å². The zero-order chi connectivity index (χ0) is 27.5. The van der Waals surface area contributed by atoms with Crippen molar-refractivity contribution >= 4 is 33.7 Å². The van der Waals surface area contributed by atoms with E-state index in [1.807, 2.05) is 0 Å². The molecular weight excluding hydrogens is 516 g/mol. The molecule has 0 spiro atoms. The smallest absolute Gasteiger partial charge is 0.260 e. The van der Waals surface area contributed by atoms with Gasteiger partial charge in [-0.2, -0.15) is 5.10 Å². The molecular formula is C25H32N4O8S. The molecule has 1 aliphatic heterocycles. The van der Waals surface area contributed by atoms with E-state index in [2.05, 4.69) is 15.8 Å². The number of sulfonamides is 1. The first kappa shape index (κ1) is 28.7. The van der Waals surface area contributed by atoms with Gasteiger partial charge < -0.3 is 24.3 Å². The maximum atomic E-state index is 12.5. The van der Waals surface area contributed by atoms with Gasteiger partial charge in [0.15, 0.2) is 6.61 Å². The Labute approximate surface area is 221 Å². The van der Waals surface area contributed by atoms with E-state index in [0.29, 0.717) is 23.6 Å². The minimum absolute atomic E-state index is 0.0668. The van der Waals surface area contributed by atoms with Crippen molar-refractivity contribution in [2.75, 3.05) is 51.1 Å². The van der Waals surface area contributed by atoms with Crippen molar-refractivity contribution in [1.29, 1.82) is 0 Å². The Hall–Kier alpha value is -3.84. The number of anilines is 1. The van der Waals surface area contributed by atoms with Crippen LogP contribution >= 0.6 is 0 Å². The molecule has 0 aliphatic carbocycles. The molecule has 206 valence electrons. The van der Waals surface area contributed by atoms with Crippen molar-refractivity contribution in [1.82, 2.24) is 10.7 Å². The van der Waals surface area contributed by atoms with Crippen molar-refractivity contribution in [2.45, 2.75) is 18.9 Å². The molecule has 38 heavy (non-hydrogen) atoms. The molecule has 0 bridgehead atoms. The Balaban J connectivity index is 1.51. The number of rotatable bonds is 13. The first-order chi connectivity index (χ1) is 18.2. The molecule has 0 radical (unpaired) electrons. The van der Waals surface area contributed by atoms with E-state index in [1.54, 1.807) is 36.4 Å². The standard InChI is InChI=1S/C25H32N4O8S/c1-34-20-10-11-23(35-2)22(13-20)29(38(3,32)33)16-24(30)28-27-14-18-6-8-19(9-7-18)37-17-25(31)26-15-21-5-4-12-36-21/h6-11,13-14,21H,4-5,12,15-17H2,1-3H3,(H,26,31)(H,28,30)/b27-14+. The molecule has 0 aromatic heterocycles. The fourth-order valence-corrected chi connectivity index (χ4v) is 4.45. The van der Waals surface area contributed by atoms with Crippen LogP contribution in [-0.4, -0.2) is 79.3 Å². The molecule has 1 heterocycles. The Morgan fingerprint density at radius 3 is 2.47 bits per heavy atom. The number of amides is 2. The van der Waals surface area contributed by atoms with Gasteiger partial charge in [-0.25, -0.2) is 13.8 Å². The lowest BCUT2D eigenvalue weighted by Gasteiger charge is -2.23. The molecule has 0 saturated carbocycles. The number of nitrogens with one attached hydrogen (secondary N) is 2. The summed E-state index contributed by atoms with van der Waals surface area (Å²) >= 11 is 0. The largest absolute Gasteiger partial charge is 0.497 e. The quantitative estimate of drug-likeness (QED) is 0.281. The Bertz CT molecular complexity index is 1230. The van der Waals surface area contributed by atoms with E-state index in [-0.39, 0.29) is 30.1 Å². The van der Waals surface area contributed by atoms with Crippen LogP contribution in [0.1, 0.15) is 18.4 Å². The van der Waals surface area contributed by atoms with Crippen molar-refractivity contribution in [3.05, 3.63) is 48.0 Å². The zero-order valence-corrected chi connectivity index (χ0v) is 22.3. The van der Waals surface area contributed by atoms with Crippen LogP contribution in [-0.2, 0) is 24.3 Å². The second kappa shape index (κ2) is 13.6. The van der Waals surface area contributed by atoms with Crippen molar-refractivity contribution < 1.29 is 37.0 Å². The number of hydrogen-bond acceptors (Lipinski definition) is 9. The first-order valence-corrected chi connectivity index (χ1v) is 13.7. The van der Waals surface area contributed by atoms with Crippen LogP contribution in [0.4, 0.5) is 5.69 Å². The SMILES string of the molecule is COc1ccc(OC)c(N(CC(=O)N/N=C/c2ccc(OCC(=O)NCC3CCCO3)cc2)S(C)(=O)=O)c1. The normalized spacial score (nSPS) is 15.2. The number of methoxy groups -OCH3 is 2. The third-order valence-corrected chi connectivity index (χ3v) is 6.67. The molecule has 1 aliphatic rings. The molecule has 2 amide bonds. The van der Waals surface area contributed by atoms with Crippen LogP contribution in [0.15, 0.2) is 47.6 Å². The average molecular weight is 549 g/mol. The lowest BCUT2D eigenvalue weighted by atomic mass is 10.2. The maximum absolute atomic E-state index is 12.5. The summed E-state index contributed by atoms with van der Waals surface area (Å²) < 4.78 is 47.1. The summed E-state index contributed by atoms with van der Waals surface area (Å²) in [5.74, 6) is 0.262. The van der Waals surface area contributed by atoms with E-state index in [0.717, 1.165) is 30.0 Å². The van der Waals surface area contributed by atoms with Crippen LogP contribution in [0, 0.1) is 0 Å². The van der Waals surface area contributed by atoms with Gasteiger partial charge in [0.05, 0.1) is 38.5 Å². The summed E-state index contributed by atoms with van der Waals surface area (Å²) in [5, 5.41) is 6.68. The van der Waals surface area contributed by atoms with Gasteiger partial charge in [-0.05, 0) is 54.8 Å². The van der Waals surface area contributed by atoms with Gasteiger partial charge in [-0.15, -0.1) is 0 Å². The van der Waals surface area contributed by atoms with Crippen molar-refractivity contribution in [3.63, 3.8) is 0 Å². The Morgan fingerprint density at radius 2 is 1.84 bits per heavy atom. The topological polar surface area (TPSA) is 145 Å². The lowest BCUT2D eigenvalue weighted by Crippen LogP contribution is -2.39. The molecule has 2 aromatic carbocycles. The molecule has 12 nitrogen and oxygen atoms in total. The number of carbonyl (C=O) groups is 2. The van der Waals surface area contributed by atoms with Crippen LogP contribution in [0.2, 0.25) is 0 Å². The molecule has 1 saturated heterocycles. The lowest BCUT2D eigenvalue weighted by molar-refractivity contribution is -0.123. The van der Waals surface area contributed by atoms with Crippen molar-refractivity contribution in [2.24, 2.45) is 5.10 Å². The van der Waals surface area contributed by atoms with Gasteiger partial charge in [0.1, 0.15) is 23.8 Å². The van der Waals surface area contributed by atoms with Gasteiger partial charge in [-0.3, -0.25) is 13.9 Å². The summed E-state index contributed by atoms with van der Waals surface area (Å²) in [5.41, 5.74) is 3.12. The molecule has 1 unspecified atom stereocenters. The number of nitrogens with zero attached hydrogens (tertiary/aromatic N) is 2. The van der Waals surface area contributed by atoms with Gasteiger partial charge >= 0.3 is 0 Å². The van der Waals surface area contributed by atoms with E-state index in [9.17, 15) is 18.0 Å². The molecule has 2 aromatic rings. The van der Waals surface area contributed by atoms with E-state index < -0.39 is 22.5 Å². The van der Waals surface area contributed by atoms with Crippen LogP contribution in [0.25, 0.3) is 0 Å². The minimum atomic E-state index is -3.84. The third-order valence-electron chi connectivity index (χ3n) is 5.55. The minimum Gasteiger partial charge on any atom is -0.497 e. The molecule has 2 N–H and O–H groups in total. The van der Waals surface area contributed by atoms with E-state index in [1.165, 1.54) is 26.5 Å². The number of hydrazone groups is 1. The highest BCUT2D eigenvalue weighted by Gasteiger charge is 2.24. The van der Waals surface area contributed by atoms with Crippen LogP contribution in [0.5, 0.6) is 17.2 Å². The van der Waals surface area contributed by atoms with E-state index >= 15 is 0 Å². The van der Waals surface area contributed by atoms with Crippen molar-refractivity contribution in [3.8, 4) is 17.2 Å². The van der Waals surface area contributed by atoms with Gasteiger partial charge in [0.25, 0.3) is 11.8 Å². The summed E-state index contributed by atoms with van der Waals surface area (Å²) in [7, 11) is -0.994. The Morgan fingerprint density at radius 1 is 1.11 bits per heavy atom. The fraction of sp³-hybridized carbons (Fsp3) is 0.400. The summed E-state index contributed by atoms with van der Waals surface area (Å²) in [4.78, 5) is 24.4. The second-order valence-corrected chi connectivity index (χ2v) is 10.3. The molecule has 13 heteroatoms. The van der Waals surface area contributed by atoms with Gasteiger partial charge in [0.2, 0.25) is 10.0 Å². The predicted molar refractivity (Wildman–Crippen MR) is 141 cm³/mol. The van der Waals surface area contributed by atoms with Crippen LogP contribution < -0.4 is 29.3 Å². The highest BCUT2D eigenvalue weighted by Crippen LogP contribution is 2.33. The summed E-state index contributed by atoms with van der Waals surface area (Å²) in [6, 6.07) is 11.3. The monoisotopic (exact) mass is 548 g/mol. The average Bonchev–Trinajstić information content (AvgIpc) is 3.43. The summed E-state index contributed by atoms with van der Waals surface area (Å²) in [6.07, 6.45) is 4.40. The number of carbonyl (C=O) groups excluding carboxylic acids is 2. The van der Waals surface area contributed by atoms with Crippen LogP contribution in [0.3, 0.4) is 0 Å². The number of benzene rings is 2. The molecule has 3 rings (SSSR count). The zero-order valence-electron chi connectivity index (χ0n) is 21.5. The van der Waals surface area contributed by atoms with Gasteiger partial charge in [0, 0.05) is 19.2 Å². The third kappa shape index (κ3) is 8.63. The second-order valence-electron chi connectivity index (χ2n) is 8.40.